The molecule has 18 heavy (non-hydrogen) atoms. The molecular formula is C11H12F5NO. The van der Waals surface area contributed by atoms with Gasteiger partial charge >= 0.3 is 12.8 Å². The Morgan fingerprint density at radius 1 is 1.22 bits per heavy atom. The lowest BCUT2D eigenvalue weighted by Gasteiger charge is -2.32. The molecule has 1 aromatic rings. The van der Waals surface area contributed by atoms with E-state index < -0.39 is 18.3 Å². The van der Waals surface area contributed by atoms with Crippen LogP contribution in [0.25, 0.3) is 0 Å². The molecular weight excluding hydrogens is 257 g/mol. The van der Waals surface area contributed by atoms with E-state index in [-0.39, 0.29) is 11.3 Å². The standard InChI is InChI=1S/C11H12F5NO/c1-10(17-2,11(14,15)16)7-4-3-5-8(6-7)18-9(12)13/h3-6,9,17H,1-2H3. The predicted molar refractivity (Wildman–Crippen MR) is 55.5 cm³/mol. The van der Waals surface area contributed by atoms with E-state index in [1.165, 1.54) is 18.2 Å². The van der Waals surface area contributed by atoms with E-state index in [9.17, 15) is 22.0 Å². The van der Waals surface area contributed by atoms with Crippen LogP contribution in [0.3, 0.4) is 0 Å². The second-order valence-corrected chi connectivity index (χ2v) is 3.78. The first-order valence-electron chi connectivity index (χ1n) is 5.01. The largest absolute Gasteiger partial charge is 0.435 e. The summed E-state index contributed by atoms with van der Waals surface area (Å²) >= 11 is 0. The molecule has 0 spiro atoms. The molecule has 0 saturated carbocycles. The second-order valence-electron chi connectivity index (χ2n) is 3.78. The Labute approximate surface area is 101 Å². The Morgan fingerprint density at radius 3 is 2.28 bits per heavy atom. The number of ether oxygens (including phenoxy) is 1. The molecule has 7 heteroatoms. The Bertz CT molecular complexity index is 407. The summed E-state index contributed by atoms with van der Waals surface area (Å²) in [5, 5.41) is 2.15. The van der Waals surface area contributed by atoms with Crippen molar-refractivity contribution in [1.29, 1.82) is 0 Å². The minimum atomic E-state index is -4.56. The van der Waals surface area contributed by atoms with Crippen molar-refractivity contribution in [3.63, 3.8) is 0 Å². The monoisotopic (exact) mass is 269 g/mol. The zero-order chi connectivity index (χ0) is 14.0. The van der Waals surface area contributed by atoms with Crippen LogP contribution in [0.1, 0.15) is 12.5 Å². The van der Waals surface area contributed by atoms with Crippen LogP contribution in [0.4, 0.5) is 22.0 Å². The molecule has 1 rings (SSSR count). The maximum absolute atomic E-state index is 12.9. The van der Waals surface area contributed by atoms with Crippen LogP contribution in [-0.2, 0) is 5.54 Å². The van der Waals surface area contributed by atoms with Gasteiger partial charge in [-0.2, -0.15) is 22.0 Å². The normalized spacial score (nSPS) is 15.6. The van der Waals surface area contributed by atoms with Crippen LogP contribution in [0.15, 0.2) is 24.3 Å². The van der Waals surface area contributed by atoms with Crippen molar-refractivity contribution in [2.75, 3.05) is 7.05 Å². The van der Waals surface area contributed by atoms with Gasteiger partial charge in [-0.1, -0.05) is 12.1 Å². The first kappa shape index (κ1) is 14.7. The maximum atomic E-state index is 12.9. The zero-order valence-corrected chi connectivity index (χ0v) is 9.68. The molecule has 0 aliphatic carbocycles. The molecule has 1 N–H and O–H groups in total. The fraction of sp³-hybridized carbons (Fsp3) is 0.455. The number of nitrogens with one attached hydrogen (secondary N) is 1. The lowest BCUT2D eigenvalue weighted by Crippen LogP contribution is -2.49. The average Bonchev–Trinajstić information content (AvgIpc) is 2.25. The highest BCUT2D eigenvalue weighted by molar-refractivity contribution is 5.34. The van der Waals surface area contributed by atoms with Gasteiger partial charge in [0, 0.05) is 0 Å². The van der Waals surface area contributed by atoms with Gasteiger partial charge < -0.3 is 10.1 Å². The molecule has 1 atom stereocenters. The van der Waals surface area contributed by atoms with Gasteiger partial charge in [-0.15, -0.1) is 0 Å². The molecule has 0 heterocycles. The van der Waals surface area contributed by atoms with Crippen molar-refractivity contribution in [1.82, 2.24) is 5.32 Å². The van der Waals surface area contributed by atoms with Crippen LogP contribution in [0.5, 0.6) is 5.75 Å². The van der Waals surface area contributed by atoms with E-state index in [2.05, 4.69) is 10.1 Å². The molecule has 0 aliphatic heterocycles. The molecule has 0 amide bonds. The van der Waals surface area contributed by atoms with Crippen LogP contribution in [0, 0.1) is 0 Å². The van der Waals surface area contributed by atoms with Crippen LogP contribution in [0.2, 0.25) is 0 Å². The summed E-state index contributed by atoms with van der Waals surface area (Å²) in [6, 6.07) is 4.54. The topological polar surface area (TPSA) is 21.3 Å². The number of hydrogen-bond acceptors (Lipinski definition) is 2. The minimum absolute atomic E-state index is 0.198. The quantitative estimate of drug-likeness (QED) is 0.847. The van der Waals surface area contributed by atoms with Crippen molar-refractivity contribution >= 4 is 0 Å². The third-order valence-electron chi connectivity index (χ3n) is 2.70. The fourth-order valence-corrected chi connectivity index (χ4v) is 1.43. The number of hydrogen-bond donors (Lipinski definition) is 1. The van der Waals surface area contributed by atoms with Gasteiger partial charge in [-0.3, -0.25) is 0 Å². The third-order valence-corrected chi connectivity index (χ3v) is 2.70. The van der Waals surface area contributed by atoms with E-state index in [1.54, 1.807) is 0 Å². The Kier molecular flexibility index (Phi) is 4.16. The second kappa shape index (κ2) is 5.09. The third kappa shape index (κ3) is 2.90. The molecule has 1 unspecified atom stereocenters. The van der Waals surface area contributed by atoms with Gasteiger partial charge in [0.1, 0.15) is 11.3 Å². The molecule has 0 aliphatic rings. The van der Waals surface area contributed by atoms with Gasteiger partial charge in [0.2, 0.25) is 0 Å². The van der Waals surface area contributed by atoms with Gasteiger partial charge in [-0.05, 0) is 31.7 Å². The molecule has 2 nitrogen and oxygen atoms in total. The van der Waals surface area contributed by atoms with Crippen molar-refractivity contribution in [2.45, 2.75) is 25.3 Å². The smallest absolute Gasteiger partial charge is 0.410 e. The molecule has 0 radical (unpaired) electrons. The van der Waals surface area contributed by atoms with Gasteiger partial charge in [-0.25, -0.2) is 0 Å². The van der Waals surface area contributed by atoms with Gasteiger partial charge in [0.05, 0.1) is 0 Å². The van der Waals surface area contributed by atoms with Crippen molar-refractivity contribution in [3.05, 3.63) is 29.8 Å². The highest BCUT2D eigenvalue weighted by Gasteiger charge is 2.51. The molecule has 0 aromatic heterocycles. The summed E-state index contributed by atoms with van der Waals surface area (Å²) in [7, 11) is 1.15. The SMILES string of the molecule is CNC(C)(c1cccc(OC(F)F)c1)C(F)(F)F. The lowest BCUT2D eigenvalue weighted by molar-refractivity contribution is -0.193. The highest BCUT2D eigenvalue weighted by atomic mass is 19.4. The van der Waals surface area contributed by atoms with E-state index >= 15 is 0 Å². The van der Waals surface area contributed by atoms with Crippen molar-refractivity contribution in [2.24, 2.45) is 0 Å². The van der Waals surface area contributed by atoms with Gasteiger partial charge in [0.15, 0.2) is 0 Å². The van der Waals surface area contributed by atoms with E-state index in [0.717, 1.165) is 20.0 Å². The van der Waals surface area contributed by atoms with Crippen LogP contribution < -0.4 is 10.1 Å². The molecule has 0 fully saturated rings. The fourth-order valence-electron chi connectivity index (χ4n) is 1.43. The number of rotatable bonds is 4. The summed E-state index contributed by atoms with van der Waals surface area (Å²) in [6.07, 6.45) is -4.56. The number of alkyl halides is 5. The lowest BCUT2D eigenvalue weighted by atomic mass is 9.91. The molecule has 0 saturated heterocycles. The summed E-state index contributed by atoms with van der Waals surface area (Å²) in [4.78, 5) is 0. The minimum Gasteiger partial charge on any atom is -0.435 e. The van der Waals surface area contributed by atoms with Crippen LogP contribution >= 0.6 is 0 Å². The Morgan fingerprint density at radius 2 is 1.83 bits per heavy atom. The molecule has 0 bridgehead atoms. The molecule has 102 valence electrons. The molecule has 1 aromatic carbocycles. The predicted octanol–water partition coefficient (Wildman–Crippen LogP) is 3.28. The van der Waals surface area contributed by atoms with E-state index in [1.807, 2.05) is 0 Å². The van der Waals surface area contributed by atoms with Crippen molar-refractivity contribution < 1.29 is 26.7 Å². The first-order valence-corrected chi connectivity index (χ1v) is 5.01. The van der Waals surface area contributed by atoms with Gasteiger partial charge in [0.25, 0.3) is 0 Å². The maximum Gasteiger partial charge on any atom is 0.410 e. The summed E-state index contributed by atoms with van der Waals surface area (Å²) in [6.45, 7) is -2.15. The Hall–Kier alpha value is -1.37. The zero-order valence-electron chi connectivity index (χ0n) is 9.68. The van der Waals surface area contributed by atoms with E-state index in [4.69, 9.17) is 0 Å². The number of halogens is 5. The summed E-state index contributed by atoms with van der Waals surface area (Å²) in [5.74, 6) is -0.312. The van der Waals surface area contributed by atoms with Crippen molar-refractivity contribution in [3.8, 4) is 5.75 Å². The Balaban J connectivity index is 3.15. The average molecular weight is 269 g/mol. The van der Waals surface area contributed by atoms with Crippen LogP contribution in [-0.4, -0.2) is 19.8 Å². The highest BCUT2D eigenvalue weighted by Crippen LogP contribution is 2.39. The first-order chi connectivity index (χ1) is 8.20. The van der Waals surface area contributed by atoms with E-state index in [0.29, 0.717) is 0 Å². The summed E-state index contributed by atoms with van der Waals surface area (Å²) in [5.41, 5.74) is -2.52. The summed E-state index contributed by atoms with van der Waals surface area (Å²) < 4.78 is 66.9. The number of benzene rings is 1.